The molecule has 1 atom stereocenters. The fourth-order valence-corrected chi connectivity index (χ4v) is 5.92. The van der Waals surface area contributed by atoms with Gasteiger partial charge in [0.2, 0.25) is 5.91 Å². The highest BCUT2D eigenvalue weighted by Crippen LogP contribution is 2.52. The van der Waals surface area contributed by atoms with E-state index in [1.54, 1.807) is 11.3 Å². The van der Waals surface area contributed by atoms with Crippen molar-refractivity contribution >= 4 is 17.2 Å². The molecule has 1 saturated heterocycles. The molecule has 1 fully saturated rings. The average Bonchev–Trinajstić information content (AvgIpc) is 3.32. The van der Waals surface area contributed by atoms with Crippen LogP contribution in [-0.2, 0) is 16.8 Å². The number of rotatable bonds is 6. The van der Waals surface area contributed by atoms with Crippen LogP contribution in [0.25, 0.3) is 0 Å². The van der Waals surface area contributed by atoms with Crippen molar-refractivity contribution in [3.63, 3.8) is 0 Å². The third-order valence-corrected chi connectivity index (χ3v) is 7.57. The highest BCUT2D eigenvalue weighted by atomic mass is 32.1. The van der Waals surface area contributed by atoms with Crippen molar-refractivity contribution in [1.82, 2.24) is 14.8 Å². The number of hydrogen-bond acceptors (Lipinski definition) is 4. The summed E-state index contributed by atoms with van der Waals surface area (Å²) in [6.45, 7) is 8.96. The second-order valence-corrected chi connectivity index (χ2v) is 9.22. The molecular weight excluding hydrogens is 366 g/mol. The summed E-state index contributed by atoms with van der Waals surface area (Å²) in [6.07, 6.45) is 6.06. The smallest absolute Gasteiger partial charge is 0.223 e. The van der Waals surface area contributed by atoms with E-state index in [0.717, 1.165) is 39.1 Å². The number of carbonyl (C=O) groups excluding carboxylic acids is 1. The number of fused-ring (bicyclic) bond motifs is 2. The van der Waals surface area contributed by atoms with Crippen molar-refractivity contribution in [3.8, 4) is 0 Å². The lowest BCUT2D eigenvalue weighted by Crippen LogP contribution is -2.41. The number of thiazole rings is 1. The van der Waals surface area contributed by atoms with Gasteiger partial charge >= 0.3 is 0 Å². The van der Waals surface area contributed by atoms with Crippen molar-refractivity contribution < 1.29 is 4.79 Å². The lowest BCUT2D eigenvalue weighted by atomic mass is 9.73. The van der Waals surface area contributed by atoms with E-state index in [9.17, 15) is 4.79 Å². The predicted molar refractivity (Wildman–Crippen MR) is 115 cm³/mol. The van der Waals surface area contributed by atoms with E-state index in [1.165, 1.54) is 29.0 Å². The summed E-state index contributed by atoms with van der Waals surface area (Å²) in [5.41, 5.74) is 3.20. The number of aromatic nitrogens is 1. The first-order valence-electron chi connectivity index (χ1n) is 10.6. The summed E-state index contributed by atoms with van der Waals surface area (Å²) >= 11 is 1.75. The normalized spacial score (nSPS) is 21.0. The number of piperidine rings is 1. The van der Waals surface area contributed by atoms with E-state index in [4.69, 9.17) is 0 Å². The van der Waals surface area contributed by atoms with Gasteiger partial charge in [0.1, 0.15) is 5.01 Å². The van der Waals surface area contributed by atoms with Crippen molar-refractivity contribution in [1.29, 1.82) is 0 Å². The molecule has 1 aliphatic heterocycles. The summed E-state index contributed by atoms with van der Waals surface area (Å²) in [7, 11) is 0. The first-order chi connectivity index (χ1) is 13.6. The molecule has 4 nitrogen and oxygen atoms in total. The molecule has 2 aromatic rings. The van der Waals surface area contributed by atoms with Crippen LogP contribution in [0.1, 0.15) is 61.6 Å². The Morgan fingerprint density at radius 3 is 2.68 bits per heavy atom. The molecule has 4 rings (SSSR count). The van der Waals surface area contributed by atoms with Gasteiger partial charge in [-0.15, -0.1) is 11.3 Å². The minimum Gasteiger partial charge on any atom is -0.343 e. The zero-order valence-electron chi connectivity index (χ0n) is 17.1. The summed E-state index contributed by atoms with van der Waals surface area (Å²) < 4.78 is 0. The largest absolute Gasteiger partial charge is 0.343 e. The second kappa shape index (κ2) is 8.34. The van der Waals surface area contributed by atoms with E-state index in [-0.39, 0.29) is 5.41 Å². The van der Waals surface area contributed by atoms with E-state index in [1.807, 2.05) is 11.1 Å². The molecule has 28 heavy (non-hydrogen) atoms. The lowest BCUT2D eigenvalue weighted by molar-refractivity contribution is -0.131. The molecule has 1 aromatic carbocycles. The zero-order valence-corrected chi connectivity index (χ0v) is 17.9. The molecule has 1 amide bonds. The molecule has 2 aliphatic rings. The molecule has 0 N–H and O–H groups in total. The van der Waals surface area contributed by atoms with Crippen molar-refractivity contribution in [2.24, 2.45) is 0 Å². The number of nitrogens with zero attached hydrogens (tertiary/aromatic N) is 3. The van der Waals surface area contributed by atoms with Gasteiger partial charge < -0.3 is 4.90 Å². The number of carbonyl (C=O) groups is 1. The zero-order chi connectivity index (χ0) is 19.6. The molecule has 0 radical (unpaired) electrons. The minimum atomic E-state index is 0.254. The predicted octanol–water partition coefficient (Wildman–Crippen LogP) is 4.42. The van der Waals surface area contributed by atoms with Crippen molar-refractivity contribution in [2.75, 3.05) is 26.2 Å². The first-order valence-corrected chi connectivity index (χ1v) is 11.5. The quantitative estimate of drug-likeness (QED) is 0.724. The Hall–Kier alpha value is -1.72. The first kappa shape index (κ1) is 19.6. The van der Waals surface area contributed by atoms with Gasteiger partial charge in [-0.2, -0.15) is 0 Å². The third-order valence-electron chi connectivity index (χ3n) is 6.80. The molecule has 1 aliphatic carbocycles. The Kier molecular flexibility index (Phi) is 5.83. The van der Waals surface area contributed by atoms with E-state index in [0.29, 0.717) is 18.2 Å². The third kappa shape index (κ3) is 3.74. The Bertz CT molecular complexity index is 792. The SMILES string of the molecule is CCN(CC)C(=O)C[C@H]1CC2(CCN(Cc3nccs3)CC2)c2ccccc21. The maximum Gasteiger partial charge on any atom is 0.223 e. The monoisotopic (exact) mass is 397 g/mol. The molecule has 2 heterocycles. The van der Waals surface area contributed by atoms with Crippen LogP contribution in [0.4, 0.5) is 0 Å². The topological polar surface area (TPSA) is 36.4 Å². The Morgan fingerprint density at radius 1 is 1.25 bits per heavy atom. The number of likely N-dealkylation sites (tertiary alicyclic amines) is 1. The Labute approximate surface area is 172 Å². The molecule has 5 heteroatoms. The van der Waals surface area contributed by atoms with E-state index in [2.05, 4.69) is 53.4 Å². The molecule has 0 bridgehead atoms. The van der Waals surface area contributed by atoms with Crippen LogP contribution in [-0.4, -0.2) is 46.9 Å². The molecule has 0 saturated carbocycles. The van der Waals surface area contributed by atoms with Gasteiger partial charge in [0.25, 0.3) is 0 Å². The van der Waals surface area contributed by atoms with Crippen LogP contribution in [0, 0.1) is 0 Å². The molecular formula is C23H31N3OS. The second-order valence-electron chi connectivity index (χ2n) is 8.24. The van der Waals surface area contributed by atoms with E-state index < -0.39 is 0 Å². The highest BCUT2D eigenvalue weighted by Gasteiger charge is 2.45. The van der Waals surface area contributed by atoms with E-state index >= 15 is 0 Å². The van der Waals surface area contributed by atoms with Crippen molar-refractivity contribution in [2.45, 2.75) is 57.4 Å². The molecule has 150 valence electrons. The Balaban J connectivity index is 1.48. The van der Waals surface area contributed by atoms with Gasteiger partial charge in [0.15, 0.2) is 0 Å². The summed E-state index contributed by atoms with van der Waals surface area (Å²) in [5, 5.41) is 3.27. The van der Waals surface area contributed by atoms with Crippen LogP contribution in [0.2, 0.25) is 0 Å². The maximum atomic E-state index is 12.8. The van der Waals surface area contributed by atoms with Gasteiger partial charge in [-0.25, -0.2) is 4.98 Å². The number of hydrogen-bond donors (Lipinski definition) is 0. The van der Waals surface area contributed by atoms with Gasteiger partial charge in [0, 0.05) is 31.1 Å². The summed E-state index contributed by atoms with van der Waals surface area (Å²) in [5.74, 6) is 0.679. The molecule has 1 aromatic heterocycles. The van der Waals surface area contributed by atoms with Crippen LogP contribution in [0.3, 0.4) is 0 Å². The fourth-order valence-electron chi connectivity index (χ4n) is 5.26. The summed E-state index contributed by atoms with van der Waals surface area (Å²) in [6, 6.07) is 8.92. The average molecular weight is 398 g/mol. The van der Waals surface area contributed by atoms with Crippen LogP contribution >= 0.6 is 11.3 Å². The van der Waals surface area contributed by atoms with Gasteiger partial charge in [-0.3, -0.25) is 9.69 Å². The van der Waals surface area contributed by atoms with Crippen LogP contribution < -0.4 is 0 Å². The van der Waals surface area contributed by atoms with Crippen LogP contribution in [0.5, 0.6) is 0 Å². The van der Waals surface area contributed by atoms with Crippen molar-refractivity contribution in [3.05, 3.63) is 52.0 Å². The fraction of sp³-hybridized carbons (Fsp3) is 0.565. The maximum absolute atomic E-state index is 12.8. The lowest BCUT2D eigenvalue weighted by Gasteiger charge is -2.40. The number of amides is 1. The highest BCUT2D eigenvalue weighted by molar-refractivity contribution is 7.09. The minimum absolute atomic E-state index is 0.254. The van der Waals surface area contributed by atoms with Gasteiger partial charge in [-0.05, 0) is 68.7 Å². The van der Waals surface area contributed by atoms with Gasteiger partial charge in [0.05, 0.1) is 6.54 Å². The summed E-state index contributed by atoms with van der Waals surface area (Å²) in [4.78, 5) is 21.8. The van der Waals surface area contributed by atoms with Gasteiger partial charge in [-0.1, -0.05) is 24.3 Å². The number of benzene rings is 1. The molecule has 0 unspecified atom stereocenters. The standard InChI is InChI=1S/C23H31N3OS/c1-3-26(4-2)22(27)15-18-16-23(20-8-6-5-7-19(18)20)9-12-25(13-10-23)17-21-24-11-14-28-21/h5-8,11,14,18H,3-4,9-10,12-13,15-17H2,1-2H3/t18-/m0/s1. The molecule has 1 spiro atoms. The Morgan fingerprint density at radius 2 is 2.00 bits per heavy atom. The van der Waals surface area contributed by atoms with Crippen LogP contribution in [0.15, 0.2) is 35.8 Å².